The molecule has 0 amide bonds. The lowest BCUT2D eigenvalue weighted by Gasteiger charge is -2.29. The van der Waals surface area contributed by atoms with Crippen LogP contribution in [0.25, 0.3) is 0 Å². The number of rotatable bonds is 9. The van der Waals surface area contributed by atoms with Gasteiger partial charge in [-0.1, -0.05) is 30.1 Å². The molecule has 0 aliphatic carbocycles. The fourth-order valence-corrected chi connectivity index (χ4v) is 3.00. The fraction of sp³-hybridized carbons (Fsp3) is 0.400. The molecule has 142 valence electrons. The molecule has 3 nitrogen and oxygen atoms in total. The zero-order chi connectivity index (χ0) is 19.1. The molecule has 0 saturated carbocycles. The quantitative estimate of drug-likeness (QED) is 0.442. The molecule has 2 rings (SSSR count). The first kappa shape index (κ1) is 20.5. The third-order valence-electron chi connectivity index (χ3n) is 4.42. The Morgan fingerprint density at radius 3 is 2.58 bits per heavy atom. The van der Waals surface area contributed by atoms with Crippen LogP contribution in [-0.2, 0) is 0 Å². The van der Waals surface area contributed by atoms with Gasteiger partial charge in [-0.3, -0.25) is 4.31 Å². The van der Waals surface area contributed by atoms with Crippen molar-refractivity contribution in [2.24, 2.45) is 0 Å². The van der Waals surface area contributed by atoms with Crippen molar-refractivity contribution < 1.29 is 13.5 Å². The molecule has 2 aromatic carbocycles. The van der Waals surface area contributed by atoms with E-state index < -0.39 is 11.6 Å². The summed E-state index contributed by atoms with van der Waals surface area (Å²) in [7, 11) is 3.80. The second kappa shape index (κ2) is 9.78. The van der Waals surface area contributed by atoms with Crippen molar-refractivity contribution in [1.82, 2.24) is 4.31 Å². The summed E-state index contributed by atoms with van der Waals surface area (Å²) in [5, 5.41) is 0. The minimum absolute atomic E-state index is 0.170. The largest absolute Gasteiger partial charge is 0.493 e. The van der Waals surface area contributed by atoms with Crippen LogP contribution in [0.5, 0.6) is 5.75 Å². The second-order valence-corrected chi connectivity index (χ2v) is 7.15. The number of para-hydroxylation sites is 1. The Balaban J connectivity index is 2.11. The molecule has 0 radical (unpaired) electrons. The highest BCUT2D eigenvalue weighted by molar-refractivity contribution is 7.96. The van der Waals surface area contributed by atoms with E-state index in [1.807, 2.05) is 44.5 Å². The van der Waals surface area contributed by atoms with Crippen molar-refractivity contribution in [3.63, 3.8) is 0 Å². The summed E-state index contributed by atoms with van der Waals surface area (Å²) >= 11 is 1.69. The Kier molecular flexibility index (Phi) is 7.72. The van der Waals surface area contributed by atoms with Gasteiger partial charge in [-0.05, 0) is 44.8 Å². The lowest BCUT2D eigenvalue weighted by atomic mass is 10.1. The van der Waals surface area contributed by atoms with Gasteiger partial charge in [0, 0.05) is 25.2 Å². The molecule has 0 bridgehead atoms. The number of nitrogens with zero attached hydrogens (tertiary/aromatic N) is 2. The number of ether oxygens (including phenoxy) is 1. The van der Waals surface area contributed by atoms with Crippen LogP contribution in [0.4, 0.5) is 14.5 Å². The molecule has 1 atom stereocenters. The molecule has 6 heteroatoms. The molecule has 0 aliphatic rings. The summed E-state index contributed by atoms with van der Waals surface area (Å²) in [6, 6.07) is 11.0. The minimum atomic E-state index is -0.456. The molecule has 0 N–H and O–H groups in total. The van der Waals surface area contributed by atoms with Crippen LogP contribution in [0.2, 0.25) is 0 Å². The van der Waals surface area contributed by atoms with Crippen molar-refractivity contribution in [2.75, 3.05) is 38.4 Å². The lowest BCUT2D eigenvalue weighted by molar-refractivity contribution is 0.295. The van der Waals surface area contributed by atoms with Crippen LogP contribution in [-0.4, -0.2) is 37.8 Å². The maximum absolute atomic E-state index is 14.1. The molecular weight excluding hydrogens is 354 g/mol. The SMILES string of the molecule is CSN(C)CCCOc1ccccc1C(C)N(C)c1cc(F)ccc1F. The van der Waals surface area contributed by atoms with Gasteiger partial charge in [0.25, 0.3) is 0 Å². The first-order valence-corrected chi connectivity index (χ1v) is 9.77. The van der Waals surface area contributed by atoms with Crippen LogP contribution < -0.4 is 9.64 Å². The Hall–Kier alpha value is -1.79. The number of benzene rings is 2. The van der Waals surface area contributed by atoms with E-state index in [0.29, 0.717) is 6.61 Å². The highest BCUT2D eigenvalue weighted by Gasteiger charge is 2.19. The fourth-order valence-electron chi connectivity index (χ4n) is 2.69. The molecule has 0 fully saturated rings. The third-order valence-corrected chi connectivity index (χ3v) is 5.23. The first-order chi connectivity index (χ1) is 12.4. The van der Waals surface area contributed by atoms with Gasteiger partial charge in [0.2, 0.25) is 0 Å². The van der Waals surface area contributed by atoms with Gasteiger partial charge in [0.05, 0.1) is 18.3 Å². The summed E-state index contributed by atoms with van der Waals surface area (Å²) in [4.78, 5) is 1.72. The van der Waals surface area contributed by atoms with E-state index >= 15 is 0 Å². The van der Waals surface area contributed by atoms with Gasteiger partial charge < -0.3 is 9.64 Å². The Labute approximate surface area is 159 Å². The van der Waals surface area contributed by atoms with E-state index in [9.17, 15) is 8.78 Å². The number of halogens is 2. The predicted molar refractivity (Wildman–Crippen MR) is 106 cm³/mol. The second-order valence-electron chi connectivity index (χ2n) is 6.16. The average molecular weight is 381 g/mol. The van der Waals surface area contributed by atoms with Crippen molar-refractivity contribution >= 4 is 17.6 Å². The highest BCUT2D eigenvalue weighted by Crippen LogP contribution is 2.33. The Morgan fingerprint density at radius 1 is 1.12 bits per heavy atom. The monoisotopic (exact) mass is 380 g/mol. The molecule has 0 aromatic heterocycles. The van der Waals surface area contributed by atoms with E-state index in [4.69, 9.17) is 4.74 Å². The highest BCUT2D eigenvalue weighted by atomic mass is 32.2. The molecule has 0 heterocycles. The van der Waals surface area contributed by atoms with Gasteiger partial charge in [-0.2, -0.15) is 0 Å². The van der Waals surface area contributed by atoms with Crippen LogP contribution >= 0.6 is 11.9 Å². The molecular formula is C20H26F2N2OS. The van der Waals surface area contributed by atoms with Gasteiger partial charge in [-0.25, -0.2) is 8.78 Å². The maximum Gasteiger partial charge on any atom is 0.146 e. The molecule has 1 unspecified atom stereocenters. The lowest BCUT2D eigenvalue weighted by Crippen LogP contribution is -2.23. The Morgan fingerprint density at radius 2 is 1.85 bits per heavy atom. The zero-order valence-electron chi connectivity index (χ0n) is 15.7. The van der Waals surface area contributed by atoms with Crippen molar-refractivity contribution in [2.45, 2.75) is 19.4 Å². The first-order valence-electron chi connectivity index (χ1n) is 8.59. The van der Waals surface area contributed by atoms with Gasteiger partial charge in [-0.15, -0.1) is 0 Å². The van der Waals surface area contributed by atoms with Crippen molar-refractivity contribution in [1.29, 1.82) is 0 Å². The molecule has 0 saturated heterocycles. The van der Waals surface area contributed by atoms with Crippen LogP contribution in [0, 0.1) is 11.6 Å². The number of anilines is 1. The van der Waals surface area contributed by atoms with E-state index in [2.05, 4.69) is 4.31 Å². The van der Waals surface area contributed by atoms with Gasteiger partial charge in [0.15, 0.2) is 0 Å². The minimum Gasteiger partial charge on any atom is -0.493 e. The molecule has 2 aromatic rings. The average Bonchev–Trinajstić information content (AvgIpc) is 2.66. The zero-order valence-corrected chi connectivity index (χ0v) is 16.5. The van der Waals surface area contributed by atoms with Crippen LogP contribution in [0.1, 0.15) is 24.9 Å². The summed E-state index contributed by atoms with van der Waals surface area (Å²) < 4.78 is 35.8. The predicted octanol–water partition coefficient (Wildman–Crippen LogP) is 5.14. The number of hydrogen-bond acceptors (Lipinski definition) is 4. The summed E-state index contributed by atoms with van der Waals surface area (Å²) in [5.41, 5.74) is 1.17. The van der Waals surface area contributed by atoms with Crippen molar-refractivity contribution in [3.8, 4) is 5.75 Å². The van der Waals surface area contributed by atoms with Crippen LogP contribution in [0.3, 0.4) is 0 Å². The number of hydrogen-bond donors (Lipinski definition) is 0. The van der Waals surface area contributed by atoms with E-state index in [1.165, 1.54) is 6.07 Å². The summed E-state index contributed by atoms with van der Waals surface area (Å²) in [6.45, 7) is 3.49. The Bertz CT molecular complexity index is 714. The maximum atomic E-state index is 14.1. The summed E-state index contributed by atoms with van der Waals surface area (Å²) in [6.07, 6.45) is 2.95. The summed E-state index contributed by atoms with van der Waals surface area (Å²) in [5.74, 6) is -0.127. The smallest absolute Gasteiger partial charge is 0.146 e. The molecule has 26 heavy (non-hydrogen) atoms. The van der Waals surface area contributed by atoms with Crippen LogP contribution in [0.15, 0.2) is 42.5 Å². The standard InChI is InChI=1S/C20H26F2N2OS/c1-15(24(3)19-14-16(21)10-11-18(19)22)17-8-5-6-9-20(17)25-13-7-12-23(2)26-4/h5-6,8-11,14-15H,7,12-13H2,1-4H3. The third kappa shape index (κ3) is 5.35. The molecule has 0 aliphatic heterocycles. The van der Waals surface area contributed by atoms with E-state index in [1.54, 1.807) is 23.9 Å². The van der Waals surface area contributed by atoms with Crippen molar-refractivity contribution in [3.05, 3.63) is 59.7 Å². The van der Waals surface area contributed by atoms with Gasteiger partial charge in [0.1, 0.15) is 17.4 Å². The van der Waals surface area contributed by atoms with E-state index in [0.717, 1.165) is 36.4 Å². The van der Waals surface area contributed by atoms with E-state index in [-0.39, 0.29) is 11.7 Å². The normalized spacial score (nSPS) is 12.3. The molecule has 0 spiro atoms. The van der Waals surface area contributed by atoms with Gasteiger partial charge >= 0.3 is 0 Å². The topological polar surface area (TPSA) is 15.7 Å².